The van der Waals surface area contributed by atoms with Crippen molar-refractivity contribution in [2.24, 2.45) is 0 Å². The minimum absolute atomic E-state index is 0.000772. The second-order valence-electron chi connectivity index (χ2n) is 1.71. The van der Waals surface area contributed by atoms with Crippen LogP contribution in [-0.4, -0.2) is 46.2 Å². The molecule has 0 aromatic heterocycles. The molecule has 6 heteroatoms. The topological polar surface area (TPSA) is 66.4 Å². The zero-order chi connectivity index (χ0) is 9.07. The second-order valence-corrected chi connectivity index (χ2v) is 1.71. The molecule has 0 rings (SSSR count). The lowest BCUT2D eigenvalue weighted by atomic mass is 11.2. The summed E-state index contributed by atoms with van der Waals surface area (Å²) in [6, 6.07) is 0. The Bertz CT molecular complexity index is 68.4. The molecule has 0 bridgehead atoms. The fourth-order valence-corrected chi connectivity index (χ4v) is 0.399. The van der Waals surface area contributed by atoms with E-state index in [1.54, 1.807) is 0 Å². The summed E-state index contributed by atoms with van der Waals surface area (Å²) in [5.41, 5.74) is 0. The van der Waals surface area contributed by atoms with Gasteiger partial charge in [0.1, 0.15) is 13.6 Å². The van der Waals surface area contributed by atoms with E-state index >= 15 is 0 Å². The number of aliphatic hydroxyl groups excluding tert-OH is 1. The molecule has 0 aliphatic heterocycles. The summed E-state index contributed by atoms with van der Waals surface area (Å²) in [7, 11) is 1.52. The number of aliphatic hydroxyl groups is 1. The molecule has 0 radical (unpaired) electrons. The van der Waals surface area contributed by atoms with Gasteiger partial charge in [-0.05, 0) is 0 Å². The van der Waals surface area contributed by atoms with Crippen LogP contribution in [0.4, 0.5) is 0 Å². The van der Waals surface area contributed by atoms with Gasteiger partial charge in [-0.2, -0.15) is 0 Å². The summed E-state index contributed by atoms with van der Waals surface area (Å²) in [4.78, 5) is 0. The fraction of sp³-hybridized carbons (Fsp3) is 1.00. The summed E-state index contributed by atoms with van der Waals surface area (Å²) >= 11 is 0. The Labute approximate surface area is 70.9 Å². The molecule has 1 N–H and O–H groups in total. The molecule has 0 aliphatic rings. The first-order valence-corrected chi connectivity index (χ1v) is 3.32. The van der Waals surface area contributed by atoms with Crippen molar-refractivity contribution in [3.05, 3.63) is 0 Å². The Morgan fingerprint density at radius 1 is 0.833 bits per heavy atom. The average Bonchev–Trinajstić information content (AvgIpc) is 2.10. The Morgan fingerprint density at radius 2 is 1.33 bits per heavy atom. The third kappa shape index (κ3) is 9.76. The highest BCUT2D eigenvalue weighted by Crippen LogP contribution is 1.81. The van der Waals surface area contributed by atoms with Crippen LogP contribution in [0, 0.1) is 0 Å². The number of methoxy groups -OCH3 is 1. The molecule has 0 fully saturated rings. The summed E-state index contributed by atoms with van der Waals surface area (Å²) in [5, 5.41) is 8.15. The smallest absolute Gasteiger partial charge is 0.152 e. The van der Waals surface area contributed by atoms with Crippen LogP contribution in [-0.2, 0) is 23.7 Å². The van der Waals surface area contributed by atoms with Crippen LogP contribution in [0.3, 0.4) is 0 Å². The largest absolute Gasteiger partial charge is 0.371 e. The molecule has 0 spiro atoms. The Balaban J connectivity index is 2.73. The van der Waals surface area contributed by atoms with E-state index < -0.39 is 0 Å². The normalized spacial score (nSPS) is 10.5. The molecule has 0 aromatic rings. The van der Waals surface area contributed by atoms with Crippen molar-refractivity contribution in [2.75, 3.05) is 41.1 Å². The van der Waals surface area contributed by atoms with E-state index in [1.807, 2.05) is 0 Å². The van der Waals surface area contributed by atoms with Gasteiger partial charge >= 0.3 is 0 Å². The highest BCUT2D eigenvalue weighted by Gasteiger charge is 1.87. The molecule has 0 heterocycles. The molecule has 0 amide bonds. The molecule has 0 atom stereocenters. The van der Waals surface area contributed by atoms with Crippen LogP contribution in [0.25, 0.3) is 0 Å². The molecular weight excluding hydrogens is 168 g/mol. The number of ether oxygens (including phenoxy) is 5. The van der Waals surface area contributed by atoms with Crippen LogP contribution in [0.15, 0.2) is 0 Å². The molecule has 0 unspecified atom stereocenters. The fourth-order valence-electron chi connectivity index (χ4n) is 0.399. The lowest BCUT2D eigenvalue weighted by Crippen LogP contribution is -2.08. The van der Waals surface area contributed by atoms with Gasteiger partial charge in [0.15, 0.2) is 20.4 Å². The Kier molecular flexibility index (Phi) is 10.5. The summed E-state index contributed by atoms with van der Waals surface area (Å²) in [6.07, 6.45) is 0. The SMILES string of the molecule is COCOCOCOCOCO. The van der Waals surface area contributed by atoms with E-state index in [4.69, 9.17) is 19.3 Å². The molecule has 74 valence electrons. The van der Waals surface area contributed by atoms with E-state index in [0.29, 0.717) is 0 Å². The van der Waals surface area contributed by atoms with Gasteiger partial charge < -0.3 is 28.8 Å². The van der Waals surface area contributed by atoms with Gasteiger partial charge in [-0.1, -0.05) is 0 Å². The zero-order valence-electron chi connectivity index (χ0n) is 7.02. The predicted molar refractivity (Wildman–Crippen MR) is 37.9 cm³/mol. The molecule has 12 heavy (non-hydrogen) atoms. The van der Waals surface area contributed by atoms with Crippen LogP contribution < -0.4 is 0 Å². The van der Waals surface area contributed by atoms with Crippen molar-refractivity contribution >= 4 is 0 Å². The number of rotatable bonds is 9. The first-order chi connectivity index (χ1) is 5.91. The van der Waals surface area contributed by atoms with Gasteiger partial charge in [-0.3, -0.25) is 0 Å². The van der Waals surface area contributed by atoms with Gasteiger partial charge in [0.25, 0.3) is 0 Å². The van der Waals surface area contributed by atoms with Crippen molar-refractivity contribution in [3.8, 4) is 0 Å². The summed E-state index contributed by atoms with van der Waals surface area (Å²) < 4.78 is 23.3. The van der Waals surface area contributed by atoms with Crippen molar-refractivity contribution < 1.29 is 28.8 Å². The van der Waals surface area contributed by atoms with Gasteiger partial charge in [0.2, 0.25) is 0 Å². The van der Waals surface area contributed by atoms with E-state index in [-0.39, 0.29) is 34.0 Å². The van der Waals surface area contributed by atoms with Crippen molar-refractivity contribution in [2.45, 2.75) is 0 Å². The molecule has 0 saturated carbocycles. The summed E-state index contributed by atoms with van der Waals surface area (Å²) in [5.74, 6) is 0. The minimum Gasteiger partial charge on any atom is -0.371 e. The highest BCUT2D eigenvalue weighted by molar-refractivity contribution is 4.04. The maximum Gasteiger partial charge on any atom is 0.152 e. The molecule has 0 saturated heterocycles. The molecule has 0 aliphatic carbocycles. The molecular formula is C6H14O6. The van der Waals surface area contributed by atoms with E-state index in [0.717, 1.165) is 0 Å². The van der Waals surface area contributed by atoms with E-state index in [1.165, 1.54) is 7.11 Å². The summed E-state index contributed by atoms with van der Waals surface area (Å²) in [6.45, 7) is -0.00915. The van der Waals surface area contributed by atoms with Gasteiger partial charge in [-0.25, -0.2) is 0 Å². The minimum atomic E-state index is -0.361. The Morgan fingerprint density at radius 3 is 1.83 bits per heavy atom. The van der Waals surface area contributed by atoms with Crippen molar-refractivity contribution in [1.82, 2.24) is 0 Å². The quantitative estimate of drug-likeness (QED) is 0.382. The lowest BCUT2D eigenvalue weighted by Gasteiger charge is -2.05. The zero-order valence-corrected chi connectivity index (χ0v) is 7.02. The maximum absolute atomic E-state index is 8.15. The molecule has 6 nitrogen and oxygen atoms in total. The van der Waals surface area contributed by atoms with Gasteiger partial charge in [0.05, 0.1) is 0 Å². The van der Waals surface area contributed by atoms with Crippen LogP contribution in [0.5, 0.6) is 0 Å². The number of hydrogen-bond acceptors (Lipinski definition) is 6. The maximum atomic E-state index is 8.15. The third-order valence-corrected chi connectivity index (χ3v) is 0.792. The van der Waals surface area contributed by atoms with Crippen molar-refractivity contribution in [1.29, 1.82) is 0 Å². The number of hydrogen-bond donors (Lipinski definition) is 1. The molecule has 0 aromatic carbocycles. The second kappa shape index (κ2) is 10.8. The monoisotopic (exact) mass is 182 g/mol. The first kappa shape index (κ1) is 11.8. The highest BCUT2D eigenvalue weighted by atomic mass is 16.8. The van der Waals surface area contributed by atoms with Crippen LogP contribution in [0.1, 0.15) is 0 Å². The lowest BCUT2D eigenvalue weighted by molar-refractivity contribution is -0.198. The standard InChI is InChI=1S/C6H14O6/c1-8-3-10-5-12-6-11-4-9-2-7/h7H,2-6H2,1H3. The first-order valence-electron chi connectivity index (χ1n) is 3.32. The average molecular weight is 182 g/mol. The third-order valence-electron chi connectivity index (χ3n) is 0.792. The predicted octanol–water partition coefficient (Wildman–Crippen LogP) is -0.521. The Hall–Kier alpha value is -0.240. The van der Waals surface area contributed by atoms with Crippen LogP contribution >= 0.6 is 0 Å². The van der Waals surface area contributed by atoms with Gasteiger partial charge in [-0.15, -0.1) is 0 Å². The van der Waals surface area contributed by atoms with E-state index in [2.05, 4.69) is 9.47 Å². The van der Waals surface area contributed by atoms with Crippen molar-refractivity contribution in [3.63, 3.8) is 0 Å². The van der Waals surface area contributed by atoms with E-state index in [9.17, 15) is 0 Å². The van der Waals surface area contributed by atoms with Gasteiger partial charge in [0, 0.05) is 7.11 Å². The van der Waals surface area contributed by atoms with Crippen LogP contribution in [0.2, 0.25) is 0 Å².